The standard InChI is InChI=1S/C9H19NS/c1-4-8(3)9-10-5-7(2)6-11-9/h7-10H,4-6H2,1-3H3. The Balaban J connectivity index is 2.27. The number of thioether (sulfide) groups is 1. The number of hydrogen-bond donors (Lipinski definition) is 1. The van der Waals surface area contributed by atoms with Gasteiger partial charge in [0.05, 0.1) is 5.37 Å². The molecule has 0 bridgehead atoms. The van der Waals surface area contributed by atoms with Crippen LogP contribution >= 0.6 is 11.8 Å². The summed E-state index contributed by atoms with van der Waals surface area (Å²) in [5.41, 5.74) is 0. The maximum absolute atomic E-state index is 3.58. The summed E-state index contributed by atoms with van der Waals surface area (Å²) in [5, 5.41) is 4.30. The van der Waals surface area contributed by atoms with E-state index in [9.17, 15) is 0 Å². The molecule has 1 rings (SSSR count). The highest BCUT2D eigenvalue weighted by Crippen LogP contribution is 2.25. The Kier molecular flexibility index (Phi) is 3.73. The third-order valence-corrected chi connectivity index (χ3v) is 4.14. The van der Waals surface area contributed by atoms with Gasteiger partial charge in [0, 0.05) is 0 Å². The predicted octanol–water partition coefficient (Wildman–Crippen LogP) is 2.33. The molecule has 1 heterocycles. The van der Waals surface area contributed by atoms with Crippen LogP contribution in [-0.2, 0) is 0 Å². The van der Waals surface area contributed by atoms with Gasteiger partial charge in [-0.1, -0.05) is 27.2 Å². The lowest BCUT2D eigenvalue weighted by Crippen LogP contribution is -2.40. The van der Waals surface area contributed by atoms with Crippen molar-refractivity contribution in [2.75, 3.05) is 12.3 Å². The van der Waals surface area contributed by atoms with E-state index < -0.39 is 0 Å². The van der Waals surface area contributed by atoms with Crippen molar-refractivity contribution in [1.82, 2.24) is 5.32 Å². The summed E-state index contributed by atoms with van der Waals surface area (Å²) in [4.78, 5) is 0. The largest absolute Gasteiger partial charge is 0.305 e. The van der Waals surface area contributed by atoms with Crippen molar-refractivity contribution >= 4 is 11.8 Å². The maximum atomic E-state index is 3.58. The highest BCUT2D eigenvalue weighted by molar-refractivity contribution is 7.99. The lowest BCUT2D eigenvalue weighted by atomic mass is 10.1. The first-order valence-corrected chi connectivity index (χ1v) is 5.64. The Morgan fingerprint density at radius 2 is 2.36 bits per heavy atom. The third kappa shape index (κ3) is 2.68. The fraction of sp³-hybridized carbons (Fsp3) is 1.00. The van der Waals surface area contributed by atoms with Gasteiger partial charge in [-0.15, -0.1) is 11.8 Å². The van der Waals surface area contributed by atoms with E-state index in [0.717, 1.165) is 17.2 Å². The van der Waals surface area contributed by atoms with E-state index >= 15 is 0 Å². The van der Waals surface area contributed by atoms with Crippen molar-refractivity contribution in [3.05, 3.63) is 0 Å². The number of nitrogens with one attached hydrogen (secondary N) is 1. The van der Waals surface area contributed by atoms with E-state index in [1.165, 1.54) is 18.7 Å². The maximum Gasteiger partial charge on any atom is 0.0558 e. The van der Waals surface area contributed by atoms with Gasteiger partial charge >= 0.3 is 0 Å². The number of hydrogen-bond acceptors (Lipinski definition) is 2. The van der Waals surface area contributed by atoms with Gasteiger partial charge in [0.2, 0.25) is 0 Å². The van der Waals surface area contributed by atoms with E-state index in [-0.39, 0.29) is 0 Å². The van der Waals surface area contributed by atoms with Crippen molar-refractivity contribution in [1.29, 1.82) is 0 Å². The Morgan fingerprint density at radius 1 is 1.64 bits per heavy atom. The van der Waals surface area contributed by atoms with Gasteiger partial charge in [-0.2, -0.15) is 0 Å². The topological polar surface area (TPSA) is 12.0 Å². The van der Waals surface area contributed by atoms with Crippen LogP contribution in [0.2, 0.25) is 0 Å². The quantitative estimate of drug-likeness (QED) is 0.688. The minimum absolute atomic E-state index is 0.719. The summed E-state index contributed by atoms with van der Waals surface area (Å²) < 4.78 is 0. The Labute approximate surface area is 74.3 Å². The van der Waals surface area contributed by atoms with Gasteiger partial charge in [-0.25, -0.2) is 0 Å². The molecule has 0 aromatic rings. The third-order valence-electron chi connectivity index (χ3n) is 2.39. The molecule has 1 aliphatic heterocycles. The first-order valence-electron chi connectivity index (χ1n) is 4.59. The summed E-state index contributed by atoms with van der Waals surface area (Å²) in [6.07, 6.45) is 1.29. The lowest BCUT2D eigenvalue weighted by molar-refractivity contribution is 0.424. The summed E-state index contributed by atoms with van der Waals surface area (Å²) in [6.45, 7) is 8.13. The first kappa shape index (κ1) is 9.40. The van der Waals surface area contributed by atoms with Crippen molar-refractivity contribution in [2.24, 2.45) is 11.8 Å². The van der Waals surface area contributed by atoms with Gasteiger partial charge in [-0.05, 0) is 24.1 Å². The second-order valence-corrected chi connectivity index (χ2v) is 4.83. The average Bonchev–Trinajstić information content (AvgIpc) is 2.05. The molecule has 0 spiro atoms. The van der Waals surface area contributed by atoms with Crippen LogP contribution in [0.4, 0.5) is 0 Å². The molecule has 0 aliphatic carbocycles. The molecule has 0 amide bonds. The second kappa shape index (κ2) is 4.36. The van der Waals surface area contributed by atoms with Gasteiger partial charge in [-0.3, -0.25) is 0 Å². The molecule has 1 fully saturated rings. The average molecular weight is 173 g/mol. The summed E-state index contributed by atoms with van der Waals surface area (Å²) >= 11 is 2.09. The van der Waals surface area contributed by atoms with Crippen LogP contribution in [0.3, 0.4) is 0 Å². The zero-order valence-electron chi connectivity index (χ0n) is 7.76. The Hall–Kier alpha value is 0.310. The van der Waals surface area contributed by atoms with Gasteiger partial charge in [0.1, 0.15) is 0 Å². The minimum Gasteiger partial charge on any atom is -0.305 e. The zero-order valence-corrected chi connectivity index (χ0v) is 8.58. The van der Waals surface area contributed by atoms with E-state index in [1.807, 2.05) is 0 Å². The van der Waals surface area contributed by atoms with Crippen LogP contribution in [0.1, 0.15) is 27.2 Å². The van der Waals surface area contributed by atoms with E-state index in [4.69, 9.17) is 0 Å². The molecule has 1 N–H and O–H groups in total. The molecule has 0 aromatic heterocycles. The molecule has 0 radical (unpaired) electrons. The van der Waals surface area contributed by atoms with Crippen molar-refractivity contribution in [2.45, 2.75) is 32.6 Å². The van der Waals surface area contributed by atoms with E-state index in [1.54, 1.807) is 0 Å². The van der Waals surface area contributed by atoms with Crippen LogP contribution in [-0.4, -0.2) is 17.7 Å². The van der Waals surface area contributed by atoms with Crippen LogP contribution in [0.25, 0.3) is 0 Å². The Morgan fingerprint density at radius 3 is 2.82 bits per heavy atom. The highest BCUT2D eigenvalue weighted by atomic mass is 32.2. The second-order valence-electron chi connectivity index (χ2n) is 3.65. The summed E-state index contributed by atoms with van der Waals surface area (Å²) in [7, 11) is 0. The van der Waals surface area contributed by atoms with Crippen molar-refractivity contribution < 1.29 is 0 Å². The van der Waals surface area contributed by atoms with Crippen LogP contribution in [0.5, 0.6) is 0 Å². The van der Waals surface area contributed by atoms with E-state index in [0.29, 0.717) is 0 Å². The molecule has 0 aromatic carbocycles. The van der Waals surface area contributed by atoms with Gasteiger partial charge in [0.25, 0.3) is 0 Å². The predicted molar refractivity (Wildman–Crippen MR) is 52.9 cm³/mol. The summed E-state index contributed by atoms with van der Waals surface area (Å²) in [6, 6.07) is 0. The molecule has 3 unspecified atom stereocenters. The molecule has 1 nitrogen and oxygen atoms in total. The van der Waals surface area contributed by atoms with Gasteiger partial charge in [0.15, 0.2) is 0 Å². The fourth-order valence-electron chi connectivity index (χ4n) is 1.28. The molecule has 66 valence electrons. The fourth-order valence-corrected chi connectivity index (χ4v) is 2.67. The minimum atomic E-state index is 0.719. The Bertz CT molecular complexity index is 108. The molecule has 0 saturated carbocycles. The highest BCUT2D eigenvalue weighted by Gasteiger charge is 2.21. The van der Waals surface area contributed by atoms with Crippen molar-refractivity contribution in [3.8, 4) is 0 Å². The molecule has 3 atom stereocenters. The van der Waals surface area contributed by atoms with Crippen molar-refractivity contribution in [3.63, 3.8) is 0 Å². The molecule has 2 heteroatoms. The number of rotatable bonds is 2. The van der Waals surface area contributed by atoms with Gasteiger partial charge < -0.3 is 5.32 Å². The lowest BCUT2D eigenvalue weighted by Gasteiger charge is -2.31. The zero-order chi connectivity index (χ0) is 8.27. The molecule has 1 saturated heterocycles. The first-order chi connectivity index (χ1) is 5.24. The molecular formula is C9H19NS. The SMILES string of the molecule is CCC(C)C1NCC(C)CS1. The molecule has 11 heavy (non-hydrogen) atoms. The molecular weight excluding hydrogens is 154 g/mol. The smallest absolute Gasteiger partial charge is 0.0558 e. The summed E-state index contributed by atoms with van der Waals surface area (Å²) in [5.74, 6) is 3.02. The van der Waals surface area contributed by atoms with E-state index in [2.05, 4.69) is 37.8 Å². The molecule has 1 aliphatic rings. The normalized spacial score (nSPS) is 35.2. The van der Waals surface area contributed by atoms with Crippen LogP contribution in [0.15, 0.2) is 0 Å². The van der Waals surface area contributed by atoms with Crippen LogP contribution in [0, 0.1) is 11.8 Å². The van der Waals surface area contributed by atoms with Crippen LogP contribution < -0.4 is 5.32 Å². The monoisotopic (exact) mass is 173 g/mol.